The minimum absolute atomic E-state index is 0.150. The SMILES string of the molecule is CNC(=O)C1CCCCN1C(=O)[C@@H]1CCC[C@@H]1C(=O)O. The summed E-state index contributed by atoms with van der Waals surface area (Å²) in [5.41, 5.74) is 0. The Bertz CT molecular complexity index is 410. The van der Waals surface area contributed by atoms with Crippen LogP contribution >= 0.6 is 0 Å². The molecule has 0 aromatic heterocycles. The molecule has 0 radical (unpaired) electrons. The summed E-state index contributed by atoms with van der Waals surface area (Å²) in [7, 11) is 1.56. The number of carbonyl (C=O) groups is 3. The van der Waals surface area contributed by atoms with E-state index in [9.17, 15) is 19.5 Å². The fraction of sp³-hybridized carbons (Fsp3) is 0.786. The van der Waals surface area contributed by atoms with Gasteiger partial charge in [0.2, 0.25) is 11.8 Å². The average molecular weight is 282 g/mol. The summed E-state index contributed by atoms with van der Waals surface area (Å²) in [6.07, 6.45) is 4.41. The van der Waals surface area contributed by atoms with Crippen molar-refractivity contribution in [3.05, 3.63) is 0 Å². The Morgan fingerprint density at radius 2 is 1.75 bits per heavy atom. The molecule has 2 N–H and O–H groups in total. The lowest BCUT2D eigenvalue weighted by Gasteiger charge is -2.36. The van der Waals surface area contributed by atoms with Crippen molar-refractivity contribution in [2.75, 3.05) is 13.6 Å². The van der Waals surface area contributed by atoms with E-state index >= 15 is 0 Å². The van der Waals surface area contributed by atoms with Crippen LogP contribution in [0.5, 0.6) is 0 Å². The number of likely N-dealkylation sites (N-methyl/N-ethyl adjacent to an activating group) is 1. The maximum absolute atomic E-state index is 12.6. The number of carboxylic acids is 1. The van der Waals surface area contributed by atoms with Crippen molar-refractivity contribution in [2.45, 2.75) is 44.6 Å². The van der Waals surface area contributed by atoms with Gasteiger partial charge < -0.3 is 15.3 Å². The van der Waals surface area contributed by atoms with Crippen LogP contribution in [-0.2, 0) is 14.4 Å². The van der Waals surface area contributed by atoms with Gasteiger partial charge in [-0.1, -0.05) is 6.42 Å². The van der Waals surface area contributed by atoms with Crippen molar-refractivity contribution in [3.8, 4) is 0 Å². The Morgan fingerprint density at radius 3 is 2.40 bits per heavy atom. The van der Waals surface area contributed by atoms with Gasteiger partial charge in [-0.3, -0.25) is 14.4 Å². The number of nitrogens with zero attached hydrogens (tertiary/aromatic N) is 1. The molecule has 0 aromatic carbocycles. The summed E-state index contributed by atoms with van der Waals surface area (Å²) in [6.45, 7) is 0.555. The number of carboxylic acid groups (broad SMARTS) is 1. The zero-order valence-electron chi connectivity index (χ0n) is 11.8. The molecule has 1 unspecified atom stereocenters. The van der Waals surface area contributed by atoms with Gasteiger partial charge in [-0.25, -0.2) is 0 Å². The lowest BCUT2D eigenvalue weighted by molar-refractivity contribution is -0.152. The molecule has 0 spiro atoms. The zero-order valence-corrected chi connectivity index (χ0v) is 11.8. The van der Waals surface area contributed by atoms with Gasteiger partial charge in [-0.2, -0.15) is 0 Å². The van der Waals surface area contributed by atoms with Gasteiger partial charge in [0.25, 0.3) is 0 Å². The molecule has 1 aliphatic heterocycles. The van der Waals surface area contributed by atoms with E-state index in [0.717, 1.165) is 19.3 Å². The van der Waals surface area contributed by atoms with Gasteiger partial charge in [0.1, 0.15) is 6.04 Å². The van der Waals surface area contributed by atoms with E-state index in [1.165, 1.54) is 0 Å². The van der Waals surface area contributed by atoms with Crippen LogP contribution < -0.4 is 5.32 Å². The molecule has 20 heavy (non-hydrogen) atoms. The van der Waals surface area contributed by atoms with E-state index in [0.29, 0.717) is 25.8 Å². The third-order valence-corrected chi connectivity index (χ3v) is 4.49. The highest BCUT2D eigenvalue weighted by Crippen LogP contribution is 2.34. The number of nitrogens with one attached hydrogen (secondary N) is 1. The van der Waals surface area contributed by atoms with Gasteiger partial charge in [0, 0.05) is 13.6 Å². The van der Waals surface area contributed by atoms with Crippen LogP contribution in [0.25, 0.3) is 0 Å². The normalized spacial score (nSPS) is 30.1. The van der Waals surface area contributed by atoms with Crippen LogP contribution in [0.1, 0.15) is 38.5 Å². The van der Waals surface area contributed by atoms with Gasteiger partial charge in [0.05, 0.1) is 11.8 Å². The Morgan fingerprint density at radius 1 is 1.05 bits per heavy atom. The molecule has 0 aromatic rings. The third kappa shape index (κ3) is 2.78. The fourth-order valence-electron chi connectivity index (χ4n) is 3.40. The number of likely N-dealkylation sites (tertiary alicyclic amines) is 1. The van der Waals surface area contributed by atoms with Crippen LogP contribution in [0.4, 0.5) is 0 Å². The van der Waals surface area contributed by atoms with Crippen LogP contribution in [0.2, 0.25) is 0 Å². The molecule has 1 saturated heterocycles. The first-order valence-electron chi connectivity index (χ1n) is 7.31. The van der Waals surface area contributed by atoms with Gasteiger partial charge in [0.15, 0.2) is 0 Å². The summed E-state index contributed by atoms with van der Waals surface area (Å²) in [5, 5.41) is 11.8. The van der Waals surface area contributed by atoms with Gasteiger partial charge >= 0.3 is 5.97 Å². The topological polar surface area (TPSA) is 86.7 Å². The Balaban J connectivity index is 2.13. The number of carbonyl (C=O) groups excluding carboxylic acids is 2. The van der Waals surface area contributed by atoms with Crippen molar-refractivity contribution < 1.29 is 19.5 Å². The van der Waals surface area contributed by atoms with E-state index in [4.69, 9.17) is 0 Å². The maximum Gasteiger partial charge on any atom is 0.307 e. The fourth-order valence-corrected chi connectivity index (χ4v) is 3.40. The highest BCUT2D eigenvalue weighted by molar-refractivity contribution is 5.90. The van der Waals surface area contributed by atoms with Crippen LogP contribution in [0.3, 0.4) is 0 Å². The Labute approximate surface area is 118 Å². The number of aliphatic carboxylic acids is 1. The number of rotatable bonds is 3. The lowest BCUT2D eigenvalue weighted by Crippen LogP contribution is -2.53. The van der Waals surface area contributed by atoms with Crippen molar-refractivity contribution in [1.29, 1.82) is 0 Å². The summed E-state index contributed by atoms with van der Waals surface area (Å²) in [4.78, 5) is 37.3. The molecule has 1 heterocycles. The van der Waals surface area contributed by atoms with E-state index in [1.54, 1.807) is 11.9 Å². The van der Waals surface area contributed by atoms with Gasteiger partial charge in [-0.15, -0.1) is 0 Å². The second-order valence-corrected chi connectivity index (χ2v) is 5.64. The third-order valence-electron chi connectivity index (χ3n) is 4.49. The van der Waals surface area contributed by atoms with Crippen molar-refractivity contribution in [1.82, 2.24) is 10.2 Å². The minimum atomic E-state index is -0.894. The second-order valence-electron chi connectivity index (χ2n) is 5.64. The van der Waals surface area contributed by atoms with E-state index in [2.05, 4.69) is 5.32 Å². The number of piperidine rings is 1. The lowest BCUT2D eigenvalue weighted by atomic mass is 9.92. The Hall–Kier alpha value is -1.59. The standard InChI is InChI=1S/C14H22N2O4/c1-15-12(17)11-7-2-3-8-16(11)13(18)9-5-4-6-10(9)14(19)20/h9-11H,2-8H2,1H3,(H,15,17)(H,19,20)/t9-,10+,11?/m1/s1. The predicted molar refractivity (Wildman–Crippen MR) is 71.9 cm³/mol. The summed E-state index contributed by atoms with van der Waals surface area (Å²) in [5.74, 6) is -2.24. The first-order chi connectivity index (χ1) is 9.56. The number of hydrogen-bond donors (Lipinski definition) is 2. The van der Waals surface area contributed by atoms with Crippen molar-refractivity contribution >= 4 is 17.8 Å². The monoisotopic (exact) mass is 282 g/mol. The molecule has 2 fully saturated rings. The largest absolute Gasteiger partial charge is 0.481 e. The van der Waals surface area contributed by atoms with Crippen LogP contribution in [0, 0.1) is 11.8 Å². The molecular formula is C14H22N2O4. The smallest absolute Gasteiger partial charge is 0.307 e. The molecule has 2 aliphatic rings. The molecule has 6 nitrogen and oxygen atoms in total. The minimum Gasteiger partial charge on any atom is -0.481 e. The Kier molecular flexibility index (Phi) is 4.62. The van der Waals surface area contributed by atoms with Crippen LogP contribution in [0.15, 0.2) is 0 Å². The quantitative estimate of drug-likeness (QED) is 0.794. The molecule has 1 aliphatic carbocycles. The first kappa shape index (κ1) is 14.8. The number of hydrogen-bond acceptors (Lipinski definition) is 3. The average Bonchev–Trinajstić information content (AvgIpc) is 2.95. The summed E-state index contributed by atoms with van der Waals surface area (Å²) >= 11 is 0. The van der Waals surface area contributed by atoms with E-state index < -0.39 is 23.8 Å². The van der Waals surface area contributed by atoms with Crippen molar-refractivity contribution in [2.24, 2.45) is 11.8 Å². The zero-order chi connectivity index (χ0) is 14.7. The van der Waals surface area contributed by atoms with Crippen molar-refractivity contribution in [3.63, 3.8) is 0 Å². The second kappa shape index (κ2) is 6.24. The highest BCUT2D eigenvalue weighted by Gasteiger charge is 2.42. The highest BCUT2D eigenvalue weighted by atomic mass is 16.4. The van der Waals surface area contributed by atoms with Crippen LogP contribution in [-0.4, -0.2) is 47.4 Å². The van der Waals surface area contributed by atoms with E-state index in [1.807, 2.05) is 0 Å². The molecule has 3 atom stereocenters. The predicted octanol–water partition coefficient (Wildman–Crippen LogP) is 0.614. The number of amides is 2. The maximum atomic E-state index is 12.6. The summed E-state index contributed by atoms with van der Waals surface area (Å²) < 4.78 is 0. The van der Waals surface area contributed by atoms with Gasteiger partial charge in [-0.05, 0) is 32.1 Å². The molecule has 112 valence electrons. The molecule has 2 amide bonds. The molecule has 2 rings (SSSR count). The van der Waals surface area contributed by atoms with E-state index in [-0.39, 0.29) is 11.8 Å². The summed E-state index contributed by atoms with van der Waals surface area (Å²) in [6, 6.07) is -0.434. The first-order valence-corrected chi connectivity index (χ1v) is 7.31. The molecule has 6 heteroatoms. The molecule has 1 saturated carbocycles. The molecule has 0 bridgehead atoms. The molecular weight excluding hydrogens is 260 g/mol.